The summed E-state index contributed by atoms with van der Waals surface area (Å²) >= 11 is 6.83. The minimum absolute atomic E-state index is 0.232. The second kappa shape index (κ2) is 5.95. The number of hydrogen-bond acceptors (Lipinski definition) is 1. The van der Waals surface area contributed by atoms with Crippen molar-refractivity contribution in [2.75, 3.05) is 0 Å². The number of nitrogens with two attached hydrogens (primary N) is 1. The van der Waals surface area contributed by atoms with Crippen LogP contribution in [-0.4, -0.2) is 0 Å². The minimum Gasteiger partial charge on any atom is -0.324 e. The van der Waals surface area contributed by atoms with Gasteiger partial charge in [0.25, 0.3) is 0 Å². The van der Waals surface area contributed by atoms with Crippen LogP contribution in [0.2, 0.25) is 0 Å². The molecule has 2 N–H and O–H groups in total. The zero-order chi connectivity index (χ0) is 13.1. The maximum Gasteiger partial charge on any atom is 0.123 e. The zero-order valence-corrected chi connectivity index (χ0v) is 12.7. The van der Waals surface area contributed by atoms with Crippen molar-refractivity contribution in [3.05, 3.63) is 68.4 Å². The van der Waals surface area contributed by atoms with Gasteiger partial charge in [0.1, 0.15) is 5.82 Å². The van der Waals surface area contributed by atoms with Gasteiger partial charge < -0.3 is 5.73 Å². The van der Waals surface area contributed by atoms with E-state index in [9.17, 15) is 4.39 Å². The van der Waals surface area contributed by atoms with Crippen LogP contribution in [0.1, 0.15) is 17.2 Å². The van der Waals surface area contributed by atoms with E-state index >= 15 is 0 Å². The van der Waals surface area contributed by atoms with Gasteiger partial charge in [0.05, 0.1) is 0 Å². The van der Waals surface area contributed by atoms with Crippen molar-refractivity contribution >= 4 is 31.9 Å². The van der Waals surface area contributed by atoms with Crippen LogP contribution in [0.25, 0.3) is 0 Å². The molecule has 94 valence electrons. The summed E-state index contributed by atoms with van der Waals surface area (Å²) in [5, 5.41) is 0. The Morgan fingerprint density at radius 2 is 1.89 bits per heavy atom. The highest BCUT2D eigenvalue weighted by Gasteiger charge is 2.12. The van der Waals surface area contributed by atoms with Gasteiger partial charge in [0.15, 0.2) is 0 Å². The molecule has 2 rings (SSSR count). The van der Waals surface area contributed by atoms with Gasteiger partial charge >= 0.3 is 0 Å². The van der Waals surface area contributed by atoms with Crippen molar-refractivity contribution in [2.24, 2.45) is 5.73 Å². The summed E-state index contributed by atoms with van der Waals surface area (Å²) in [4.78, 5) is 0. The summed E-state index contributed by atoms with van der Waals surface area (Å²) in [6.45, 7) is 0. The first-order chi connectivity index (χ1) is 8.56. The molecule has 0 bridgehead atoms. The van der Waals surface area contributed by atoms with Gasteiger partial charge in [0.2, 0.25) is 0 Å². The quantitative estimate of drug-likeness (QED) is 0.837. The molecule has 0 saturated carbocycles. The third kappa shape index (κ3) is 3.40. The minimum atomic E-state index is -0.266. The molecule has 0 aromatic heterocycles. The Morgan fingerprint density at radius 3 is 2.61 bits per heavy atom. The van der Waals surface area contributed by atoms with Gasteiger partial charge in [-0.25, -0.2) is 4.39 Å². The lowest BCUT2D eigenvalue weighted by Crippen LogP contribution is -2.14. The Morgan fingerprint density at radius 1 is 1.11 bits per heavy atom. The van der Waals surface area contributed by atoms with E-state index in [0.29, 0.717) is 6.42 Å². The molecular weight excluding hydrogens is 361 g/mol. The fraction of sp³-hybridized carbons (Fsp3) is 0.143. The van der Waals surface area contributed by atoms with E-state index in [1.807, 2.05) is 24.3 Å². The zero-order valence-electron chi connectivity index (χ0n) is 9.54. The van der Waals surface area contributed by atoms with E-state index < -0.39 is 0 Å². The molecule has 2 aromatic carbocycles. The first-order valence-corrected chi connectivity index (χ1v) is 7.10. The normalized spacial score (nSPS) is 12.4. The van der Waals surface area contributed by atoms with Crippen molar-refractivity contribution < 1.29 is 4.39 Å². The van der Waals surface area contributed by atoms with Gasteiger partial charge in [0, 0.05) is 15.0 Å². The lowest BCUT2D eigenvalue weighted by molar-refractivity contribution is 0.617. The molecule has 0 aliphatic carbocycles. The summed E-state index contributed by atoms with van der Waals surface area (Å²) in [5.74, 6) is -0.266. The van der Waals surface area contributed by atoms with Gasteiger partial charge in [-0.15, -0.1) is 0 Å². The molecule has 0 aliphatic rings. The van der Waals surface area contributed by atoms with Crippen LogP contribution in [0.3, 0.4) is 0 Å². The van der Waals surface area contributed by atoms with Crippen LogP contribution in [0.4, 0.5) is 4.39 Å². The van der Waals surface area contributed by atoms with Crippen molar-refractivity contribution in [1.82, 2.24) is 0 Å². The molecule has 1 atom stereocenters. The van der Waals surface area contributed by atoms with Gasteiger partial charge in [-0.2, -0.15) is 0 Å². The standard InChI is InChI=1S/C14H12Br2FN/c15-10-3-1-2-9(6-10)7-14(18)12-8-11(17)4-5-13(12)16/h1-6,8,14H,7,18H2. The fourth-order valence-electron chi connectivity index (χ4n) is 1.83. The SMILES string of the molecule is NC(Cc1cccc(Br)c1)c1cc(F)ccc1Br. The molecule has 0 heterocycles. The molecule has 2 aromatic rings. The molecule has 18 heavy (non-hydrogen) atoms. The molecule has 0 spiro atoms. The second-order valence-electron chi connectivity index (χ2n) is 4.11. The lowest BCUT2D eigenvalue weighted by Gasteiger charge is -2.14. The van der Waals surface area contributed by atoms with Gasteiger partial charge in [-0.1, -0.05) is 44.0 Å². The molecule has 0 amide bonds. The predicted octanol–water partition coefficient (Wildman–Crippen LogP) is 4.59. The van der Waals surface area contributed by atoms with E-state index in [4.69, 9.17) is 5.73 Å². The van der Waals surface area contributed by atoms with Crippen LogP contribution < -0.4 is 5.73 Å². The number of halogens is 3. The molecule has 1 nitrogen and oxygen atoms in total. The Balaban J connectivity index is 2.21. The third-order valence-electron chi connectivity index (χ3n) is 2.70. The Hall–Kier alpha value is -0.710. The van der Waals surface area contributed by atoms with E-state index in [1.54, 1.807) is 6.07 Å². The Labute approximate surface area is 122 Å². The van der Waals surface area contributed by atoms with Crippen LogP contribution in [0, 0.1) is 5.82 Å². The average Bonchev–Trinajstić information content (AvgIpc) is 2.32. The molecule has 0 saturated heterocycles. The lowest BCUT2D eigenvalue weighted by atomic mass is 10.00. The highest BCUT2D eigenvalue weighted by molar-refractivity contribution is 9.10. The first kappa shape index (κ1) is 13.7. The van der Waals surface area contributed by atoms with E-state index in [0.717, 1.165) is 20.1 Å². The summed E-state index contributed by atoms with van der Waals surface area (Å²) in [6, 6.07) is 12.3. The van der Waals surface area contributed by atoms with Crippen molar-refractivity contribution in [3.8, 4) is 0 Å². The van der Waals surface area contributed by atoms with Crippen LogP contribution in [0.15, 0.2) is 51.4 Å². The van der Waals surface area contributed by atoms with E-state index in [2.05, 4.69) is 31.9 Å². The smallest absolute Gasteiger partial charge is 0.123 e. The number of benzene rings is 2. The number of rotatable bonds is 3. The van der Waals surface area contributed by atoms with Crippen LogP contribution >= 0.6 is 31.9 Å². The molecule has 0 fully saturated rings. The van der Waals surface area contributed by atoms with Crippen molar-refractivity contribution in [2.45, 2.75) is 12.5 Å². The number of hydrogen-bond donors (Lipinski definition) is 1. The van der Waals surface area contributed by atoms with E-state index in [1.165, 1.54) is 12.1 Å². The molecule has 4 heteroatoms. The van der Waals surface area contributed by atoms with E-state index in [-0.39, 0.29) is 11.9 Å². The van der Waals surface area contributed by atoms with Gasteiger partial charge in [-0.3, -0.25) is 0 Å². The monoisotopic (exact) mass is 371 g/mol. The molecular formula is C14H12Br2FN. The van der Waals surface area contributed by atoms with Crippen LogP contribution in [0.5, 0.6) is 0 Å². The van der Waals surface area contributed by atoms with Gasteiger partial charge in [-0.05, 0) is 47.9 Å². The average molecular weight is 373 g/mol. The summed E-state index contributed by atoms with van der Waals surface area (Å²) in [5.41, 5.74) is 8.04. The summed E-state index contributed by atoms with van der Waals surface area (Å²) in [6.07, 6.45) is 0.668. The second-order valence-corrected chi connectivity index (χ2v) is 5.88. The predicted molar refractivity (Wildman–Crippen MR) is 78.9 cm³/mol. The maximum atomic E-state index is 13.2. The fourth-order valence-corrected chi connectivity index (χ4v) is 2.81. The summed E-state index contributed by atoms with van der Waals surface area (Å²) < 4.78 is 15.1. The maximum absolute atomic E-state index is 13.2. The largest absolute Gasteiger partial charge is 0.324 e. The topological polar surface area (TPSA) is 26.0 Å². The van der Waals surface area contributed by atoms with Crippen molar-refractivity contribution in [1.29, 1.82) is 0 Å². The van der Waals surface area contributed by atoms with Crippen molar-refractivity contribution in [3.63, 3.8) is 0 Å². The highest BCUT2D eigenvalue weighted by Crippen LogP contribution is 2.26. The summed E-state index contributed by atoms with van der Waals surface area (Å²) in [7, 11) is 0. The highest BCUT2D eigenvalue weighted by atomic mass is 79.9. The molecule has 0 radical (unpaired) electrons. The third-order valence-corrected chi connectivity index (χ3v) is 3.92. The molecule has 0 aliphatic heterocycles. The Bertz CT molecular complexity index is 557. The molecule has 1 unspecified atom stereocenters. The first-order valence-electron chi connectivity index (χ1n) is 5.51. The van der Waals surface area contributed by atoms with Crippen LogP contribution in [-0.2, 0) is 6.42 Å². The Kier molecular flexibility index (Phi) is 4.54.